The van der Waals surface area contributed by atoms with Crippen molar-refractivity contribution in [3.8, 4) is 10.6 Å². The first-order valence-electron chi connectivity index (χ1n) is 7.46. The van der Waals surface area contributed by atoms with Gasteiger partial charge < -0.3 is 14.3 Å². The second kappa shape index (κ2) is 5.85. The average molecular weight is 311 g/mol. The molecule has 4 rings (SSSR count). The van der Waals surface area contributed by atoms with Crippen molar-refractivity contribution >= 4 is 22.8 Å². The minimum absolute atomic E-state index is 0.857. The molecule has 1 fully saturated rings. The lowest BCUT2D eigenvalue weighted by atomic mass is 10.2. The standard InChI is InChI=1S/C17H17N3OS/c1-2-5-14(6-3-1)19-8-10-20(11-9-19)17-13-15(21-18-17)16-7-4-12-22-16/h1-7,12-13H,8-11H2. The molecule has 0 unspecified atom stereocenters. The van der Waals surface area contributed by atoms with Crippen LogP contribution in [0, 0.1) is 0 Å². The molecule has 4 nitrogen and oxygen atoms in total. The van der Waals surface area contributed by atoms with Crippen LogP contribution >= 0.6 is 11.3 Å². The number of piperazine rings is 1. The van der Waals surface area contributed by atoms with E-state index in [-0.39, 0.29) is 0 Å². The van der Waals surface area contributed by atoms with E-state index in [4.69, 9.17) is 4.52 Å². The highest BCUT2D eigenvalue weighted by atomic mass is 32.1. The van der Waals surface area contributed by atoms with Crippen LogP contribution in [0.5, 0.6) is 0 Å². The summed E-state index contributed by atoms with van der Waals surface area (Å²) in [6, 6.07) is 16.7. The van der Waals surface area contributed by atoms with Gasteiger partial charge in [-0.2, -0.15) is 0 Å². The molecule has 3 heterocycles. The normalized spacial score (nSPS) is 15.3. The summed E-state index contributed by atoms with van der Waals surface area (Å²) in [7, 11) is 0. The average Bonchev–Trinajstić information content (AvgIpc) is 3.27. The van der Waals surface area contributed by atoms with Crippen LogP contribution in [0.15, 0.2) is 58.4 Å². The van der Waals surface area contributed by atoms with E-state index in [0.717, 1.165) is 42.6 Å². The Morgan fingerprint density at radius 2 is 1.68 bits per heavy atom. The number of para-hydroxylation sites is 1. The van der Waals surface area contributed by atoms with E-state index < -0.39 is 0 Å². The van der Waals surface area contributed by atoms with Crippen molar-refractivity contribution in [3.05, 3.63) is 53.9 Å². The number of anilines is 2. The summed E-state index contributed by atoms with van der Waals surface area (Å²) in [5.74, 6) is 1.80. The van der Waals surface area contributed by atoms with E-state index in [1.54, 1.807) is 11.3 Å². The van der Waals surface area contributed by atoms with E-state index in [0.29, 0.717) is 0 Å². The topological polar surface area (TPSA) is 32.5 Å². The molecule has 22 heavy (non-hydrogen) atoms. The lowest BCUT2D eigenvalue weighted by molar-refractivity contribution is 0.430. The maximum absolute atomic E-state index is 5.48. The van der Waals surface area contributed by atoms with Gasteiger partial charge in [0.15, 0.2) is 11.6 Å². The van der Waals surface area contributed by atoms with Gasteiger partial charge in [0.1, 0.15) is 0 Å². The highest BCUT2D eigenvalue weighted by Gasteiger charge is 2.20. The molecule has 1 saturated heterocycles. The van der Waals surface area contributed by atoms with Crippen LogP contribution in [0.25, 0.3) is 10.6 Å². The fourth-order valence-electron chi connectivity index (χ4n) is 2.78. The minimum atomic E-state index is 0.857. The molecule has 2 aromatic heterocycles. The van der Waals surface area contributed by atoms with Crippen LogP contribution in [-0.4, -0.2) is 31.3 Å². The van der Waals surface area contributed by atoms with Gasteiger partial charge in [-0.1, -0.05) is 29.4 Å². The summed E-state index contributed by atoms with van der Waals surface area (Å²) in [4.78, 5) is 5.83. The molecule has 1 aromatic carbocycles. The zero-order valence-electron chi connectivity index (χ0n) is 12.2. The Balaban J connectivity index is 1.44. The molecule has 0 N–H and O–H groups in total. The predicted octanol–water partition coefficient (Wildman–Crippen LogP) is 3.73. The van der Waals surface area contributed by atoms with Crippen molar-refractivity contribution in [1.29, 1.82) is 0 Å². The number of thiophene rings is 1. The molecule has 0 saturated carbocycles. The summed E-state index contributed by atoms with van der Waals surface area (Å²) in [6.45, 7) is 3.94. The van der Waals surface area contributed by atoms with Crippen LogP contribution in [0.2, 0.25) is 0 Å². The van der Waals surface area contributed by atoms with Crippen LogP contribution in [-0.2, 0) is 0 Å². The maximum Gasteiger partial charge on any atom is 0.179 e. The zero-order chi connectivity index (χ0) is 14.8. The predicted molar refractivity (Wildman–Crippen MR) is 90.7 cm³/mol. The molecular formula is C17H17N3OS. The minimum Gasteiger partial charge on any atom is -0.368 e. The number of aromatic nitrogens is 1. The van der Waals surface area contributed by atoms with Gasteiger partial charge in [0, 0.05) is 37.9 Å². The number of hydrogen-bond donors (Lipinski definition) is 0. The lowest BCUT2D eigenvalue weighted by Crippen LogP contribution is -2.46. The highest BCUT2D eigenvalue weighted by Crippen LogP contribution is 2.28. The third-order valence-electron chi connectivity index (χ3n) is 3.99. The fourth-order valence-corrected chi connectivity index (χ4v) is 3.46. The molecule has 0 amide bonds. The van der Waals surface area contributed by atoms with Crippen LogP contribution in [0.4, 0.5) is 11.5 Å². The van der Waals surface area contributed by atoms with E-state index in [1.165, 1.54) is 5.69 Å². The number of nitrogens with zero attached hydrogens (tertiary/aromatic N) is 3. The van der Waals surface area contributed by atoms with Gasteiger partial charge in [0.05, 0.1) is 4.88 Å². The van der Waals surface area contributed by atoms with E-state index in [2.05, 4.69) is 56.7 Å². The smallest absolute Gasteiger partial charge is 0.179 e. The third kappa shape index (κ3) is 2.60. The van der Waals surface area contributed by atoms with Gasteiger partial charge in [0.25, 0.3) is 0 Å². The van der Waals surface area contributed by atoms with Crippen molar-refractivity contribution in [1.82, 2.24) is 5.16 Å². The molecule has 0 radical (unpaired) electrons. The van der Waals surface area contributed by atoms with Crippen LogP contribution in [0.1, 0.15) is 0 Å². The van der Waals surface area contributed by atoms with Crippen molar-refractivity contribution < 1.29 is 4.52 Å². The Bertz CT molecular complexity index is 715. The summed E-state index contributed by atoms with van der Waals surface area (Å²) < 4.78 is 5.48. The Hall–Kier alpha value is -2.27. The summed E-state index contributed by atoms with van der Waals surface area (Å²) in [5.41, 5.74) is 1.29. The molecule has 0 aliphatic carbocycles. The highest BCUT2D eigenvalue weighted by molar-refractivity contribution is 7.13. The van der Waals surface area contributed by atoms with Crippen molar-refractivity contribution in [2.75, 3.05) is 36.0 Å². The first-order chi connectivity index (χ1) is 10.9. The quantitative estimate of drug-likeness (QED) is 0.738. The number of hydrogen-bond acceptors (Lipinski definition) is 5. The molecule has 1 aliphatic rings. The fraction of sp³-hybridized carbons (Fsp3) is 0.235. The molecule has 0 atom stereocenters. The molecule has 1 aliphatic heterocycles. The van der Waals surface area contributed by atoms with Gasteiger partial charge in [-0.05, 0) is 23.6 Å². The van der Waals surface area contributed by atoms with Crippen LogP contribution in [0.3, 0.4) is 0 Å². The molecule has 112 valence electrons. The van der Waals surface area contributed by atoms with Gasteiger partial charge in [-0.25, -0.2) is 0 Å². The Morgan fingerprint density at radius 1 is 0.909 bits per heavy atom. The van der Waals surface area contributed by atoms with E-state index >= 15 is 0 Å². The largest absolute Gasteiger partial charge is 0.368 e. The molecule has 0 bridgehead atoms. The zero-order valence-corrected chi connectivity index (χ0v) is 13.0. The molecular weight excluding hydrogens is 294 g/mol. The Labute approximate surface area is 133 Å². The maximum atomic E-state index is 5.48. The first kappa shape index (κ1) is 13.4. The summed E-state index contributed by atoms with van der Waals surface area (Å²) in [6.07, 6.45) is 0. The van der Waals surface area contributed by atoms with Crippen molar-refractivity contribution in [2.45, 2.75) is 0 Å². The number of benzene rings is 1. The van der Waals surface area contributed by atoms with Gasteiger partial charge in [-0.3, -0.25) is 0 Å². The van der Waals surface area contributed by atoms with Crippen LogP contribution < -0.4 is 9.80 Å². The second-order valence-corrected chi connectivity index (χ2v) is 6.28. The molecule has 3 aromatic rings. The Kier molecular flexibility index (Phi) is 3.56. The second-order valence-electron chi connectivity index (χ2n) is 5.34. The monoisotopic (exact) mass is 311 g/mol. The number of rotatable bonds is 3. The van der Waals surface area contributed by atoms with E-state index in [9.17, 15) is 0 Å². The molecule has 0 spiro atoms. The lowest BCUT2D eigenvalue weighted by Gasteiger charge is -2.35. The summed E-state index contributed by atoms with van der Waals surface area (Å²) in [5, 5.41) is 6.28. The van der Waals surface area contributed by atoms with Gasteiger partial charge in [0.2, 0.25) is 0 Å². The van der Waals surface area contributed by atoms with Crippen molar-refractivity contribution in [2.24, 2.45) is 0 Å². The van der Waals surface area contributed by atoms with E-state index in [1.807, 2.05) is 12.1 Å². The van der Waals surface area contributed by atoms with Gasteiger partial charge >= 0.3 is 0 Å². The Morgan fingerprint density at radius 3 is 2.41 bits per heavy atom. The molecule has 5 heteroatoms. The SMILES string of the molecule is c1ccc(N2CCN(c3cc(-c4cccs4)on3)CC2)cc1. The first-order valence-corrected chi connectivity index (χ1v) is 8.34. The third-order valence-corrected chi connectivity index (χ3v) is 4.87. The van der Waals surface area contributed by atoms with Gasteiger partial charge in [-0.15, -0.1) is 11.3 Å². The summed E-state index contributed by atoms with van der Waals surface area (Å²) >= 11 is 1.67. The van der Waals surface area contributed by atoms with Crippen molar-refractivity contribution in [3.63, 3.8) is 0 Å².